The Morgan fingerprint density at radius 1 is 1.36 bits per heavy atom. The molecule has 3 rings (SSSR count). The zero-order valence-electron chi connectivity index (χ0n) is 11.5. The summed E-state index contributed by atoms with van der Waals surface area (Å²) < 4.78 is 0.674. The molecule has 1 aromatic carbocycles. The van der Waals surface area contributed by atoms with E-state index in [9.17, 15) is 19.5 Å². The number of benzene rings is 1. The standard InChI is InChI=1S/C15H13BrN2O4/c16-10-4-1-3-8-9(7-12(19)17-13(8)10)14(20)18-6-2-5-11(18)15(21)22/h1,3-4,7,11H,2,5-6H2,(H,17,19)(H,21,22)/t11-/m1/s1. The number of nitrogens with one attached hydrogen (secondary N) is 1. The van der Waals surface area contributed by atoms with Crippen molar-refractivity contribution >= 4 is 38.7 Å². The van der Waals surface area contributed by atoms with E-state index in [1.807, 2.05) is 0 Å². The lowest BCUT2D eigenvalue weighted by atomic mass is 10.1. The third-order valence-corrected chi connectivity index (χ3v) is 4.52. The second-order valence-electron chi connectivity index (χ2n) is 5.20. The number of aliphatic carboxylic acids is 1. The summed E-state index contributed by atoms with van der Waals surface area (Å²) in [5.41, 5.74) is 0.367. The van der Waals surface area contributed by atoms with Gasteiger partial charge in [-0.3, -0.25) is 9.59 Å². The molecule has 1 atom stereocenters. The van der Waals surface area contributed by atoms with Crippen molar-refractivity contribution in [1.82, 2.24) is 9.88 Å². The number of carboxylic acid groups (broad SMARTS) is 1. The fourth-order valence-electron chi connectivity index (χ4n) is 2.84. The summed E-state index contributed by atoms with van der Waals surface area (Å²) in [6.07, 6.45) is 1.08. The number of H-pyrrole nitrogens is 1. The highest BCUT2D eigenvalue weighted by molar-refractivity contribution is 9.10. The van der Waals surface area contributed by atoms with E-state index in [0.717, 1.165) is 0 Å². The Morgan fingerprint density at radius 2 is 2.14 bits per heavy atom. The fraction of sp³-hybridized carbons (Fsp3) is 0.267. The Balaban J connectivity index is 2.14. The molecule has 22 heavy (non-hydrogen) atoms. The molecule has 114 valence electrons. The van der Waals surface area contributed by atoms with Gasteiger partial charge in [-0.15, -0.1) is 0 Å². The largest absolute Gasteiger partial charge is 0.480 e. The first-order valence-electron chi connectivity index (χ1n) is 6.84. The number of aromatic nitrogens is 1. The van der Waals surface area contributed by atoms with Crippen LogP contribution in [0.3, 0.4) is 0 Å². The molecule has 0 unspecified atom stereocenters. The van der Waals surface area contributed by atoms with Gasteiger partial charge in [-0.1, -0.05) is 12.1 Å². The molecule has 2 heterocycles. The normalized spacial score (nSPS) is 17.9. The smallest absolute Gasteiger partial charge is 0.326 e. The van der Waals surface area contributed by atoms with Crippen molar-refractivity contribution in [3.8, 4) is 0 Å². The number of pyridine rings is 1. The second kappa shape index (κ2) is 5.57. The number of aromatic amines is 1. The molecule has 7 heteroatoms. The first kappa shape index (κ1) is 14.8. The molecular formula is C15H13BrN2O4. The second-order valence-corrected chi connectivity index (χ2v) is 6.06. The van der Waals surface area contributed by atoms with Crippen LogP contribution in [-0.2, 0) is 4.79 Å². The molecular weight excluding hydrogens is 352 g/mol. The van der Waals surface area contributed by atoms with Crippen molar-refractivity contribution in [3.05, 3.63) is 44.7 Å². The van der Waals surface area contributed by atoms with E-state index < -0.39 is 23.5 Å². The van der Waals surface area contributed by atoms with Gasteiger partial charge in [-0.2, -0.15) is 0 Å². The third kappa shape index (κ3) is 2.41. The lowest BCUT2D eigenvalue weighted by Crippen LogP contribution is -2.40. The average Bonchev–Trinajstić information content (AvgIpc) is 2.96. The summed E-state index contributed by atoms with van der Waals surface area (Å²) in [7, 11) is 0. The van der Waals surface area contributed by atoms with E-state index in [4.69, 9.17) is 0 Å². The summed E-state index contributed by atoms with van der Waals surface area (Å²) in [6, 6.07) is 5.67. The SMILES string of the molecule is O=C(O)[C@H]1CCCN1C(=O)c1cc(=O)[nH]c2c(Br)cccc12. The molecule has 1 fully saturated rings. The van der Waals surface area contributed by atoms with Crippen LogP contribution in [0.25, 0.3) is 10.9 Å². The van der Waals surface area contributed by atoms with E-state index in [0.29, 0.717) is 34.8 Å². The molecule has 1 aliphatic rings. The number of amides is 1. The highest BCUT2D eigenvalue weighted by Crippen LogP contribution is 2.26. The molecule has 1 amide bonds. The Kier molecular flexibility index (Phi) is 3.74. The maximum Gasteiger partial charge on any atom is 0.326 e. The number of carbonyl (C=O) groups excluding carboxylic acids is 1. The summed E-state index contributed by atoms with van der Waals surface area (Å²) in [5, 5.41) is 9.81. The highest BCUT2D eigenvalue weighted by Gasteiger charge is 2.35. The number of carbonyl (C=O) groups is 2. The van der Waals surface area contributed by atoms with Gasteiger partial charge >= 0.3 is 5.97 Å². The number of fused-ring (bicyclic) bond motifs is 1. The molecule has 1 aliphatic heterocycles. The zero-order valence-corrected chi connectivity index (χ0v) is 13.1. The van der Waals surface area contributed by atoms with Gasteiger partial charge in [-0.05, 0) is 34.8 Å². The van der Waals surface area contributed by atoms with Crippen molar-refractivity contribution < 1.29 is 14.7 Å². The molecule has 2 N–H and O–H groups in total. The molecule has 0 bridgehead atoms. The number of carboxylic acids is 1. The Morgan fingerprint density at radius 3 is 2.86 bits per heavy atom. The van der Waals surface area contributed by atoms with E-state index in [1.165, 1.54) is 11.0 Å². The molecule has 0 radical (unpaired) electrons. The van der Waals surface area contributed by atoms with Crippen LogP contribution in [0.1, 0.15) is 23.2 Å². The van der Waals surface area contributed by atoms with Gasteiger partial charge in [0.25, 0.3) is 5.91 Å². The van der Waals surface area contributed by atoms with Gasteiger partial charge in [0.2, 0.25) is 5.56 Å². The van der Waals surface area contributed by atoms with Crippen LogP contribution < -0.4 is 5.56 Å². The third-order valence-electron chi connectivity index (χ3n) is 3.86. The molecule has 6 nitrogen and oxygen atoms in total. The van der Waals surface area contributed by atoms with E-state index in [-0.39, 0.29) is 5.56 Å². The molecule has 2 aromatic rings. The summed E-state index contributed by atoms with van der Waals surface area (Å²) in [5.74, 6) is -1.43. The summed E-state index contributed by atoms with van der Waals surface area (Å²) >= 11 is 3.34. The number of likely N-dealkylation sites (tertiary alicyclic amines) is 1. The highest BCUT2D eigenvalue weighted by atomic mass is 79.9. The van der Waals surface area contributed by atoms with Gasteiger partial charge in [0.15, 0.2) is 0 Å². The summed E-state index contributed by atoms with van der Waals surface area (Å²) in [4.78, 5) is 39.8. The van der Waals surface area contributed by atoms with Gasteiger partial charge in [0.1, 0.15) is 6.04 Å². The topological polar surface area (TPSA) is 90.5 Å². The zero-order chi connectivity index (χ0) is 15.9. The van der Waals surface area contributed by atoms with Gasteiger partial charge in [0, 0.05) is 22.5 Å². The van der Waals surface area contributed by atoms with Gasteiger partial charge in [0.05, 0.1) is 11.1 Å². The Bertz CT molecular complexity index is 830. The van der Waals surface area contributed by atoms with Gasteiger partial charge in [-0.25, -0.2) is 4.79 Å². The monoisotopic (exact) mass is 364 g/mol. The minimum absolute atomic E-state index is 0.230. The quantitative estimate of drug-likeness (QED) is 0.852. The van der Waals surface area contributed by atoms with Gasteiger partial charge < -0.3 is 15.0 Å². The number of halogens is 1. The van der Waals surface area contributed by atoms with Crippen LogP contribution in [0, 0.1) is 0 Å². The maximum atomic E-state index is 12.7. The molecule has 0 saturated carbocycles. The Labute approximate surface area is 133 Å². The molecule has 0 spiro atoms. The van der Waals surface area contributed by atoms with Crippen molar-refractivity contribution in [2.75, 3.05) is 6.54 Å². The van der Waals surface area contributed by atoms with Crippen molar-refractivity contribution in [2.45, 2.75) is 18.9 Å². The maximum absolute atomic E-state index is 12.7. The average molecular weight is 365 g/mol. The lowest BCUT2D eigenvalue weighted by Gasteiger charge is -2.22. The predicted molar refractivity (Wildman–Crippen MR) is 84.0 cm³/mol. The number of hydrogen-bond acceptors (Lipinski definition) is 3. The van der Waals surface area contributed by atoms with Crippen molar-refractivity contribution in [3.63, 3.8) is 0 Å². The minimum Gasteiger partial charge on any atom is -0.480 e. The molecule has 1 aromatic heterocycles. The number of rotatable bonds is 2. The fourth-order valence-corrected chi connectivity index (χ4v) is 3.31. The van der Waals surface area contributed by atoms with Crippen LogP contribution in [0.4, 0.5) is 0 Å². The summed E-state index contributed by atoms with van der Waals surface area (Å²) in [6.45, 7) is 0.387. The number of nitrogens with zero attached hydrogens (tertiary/aromatic N) is 1. The van der Waals surface area contributed by atoms with Crippen LogP contribution in [0.5, 0.6) is 0 Å². The molecule has 0 aliphatic carbocycles. The first-order valence-corrected chi connectivity index (χ1v) is 7.63. The number of para-hydroxylation sites is 1. The van der Waals surface area contributed by atoms with E-state index in [1.54, 1.807) is 18.2 Å². The van der Waals surface area contributed by atoms with Crippen LogP contribution in [0.15, 0.2) is 33.5 Å². The van der Waals surface area contributed by atoms with Crippen LogP contribution in [0.2, 0.25) is 0 Å². The minimum atomic E-state index is -1.01. The Hall–Kier alpha value is -2.15. The van der Waals surface area contributed by atoms with Crippen LogP contribution in [-0.4, -0.2) is 39.5 Å². The molecule has 1 saturated heterocycles. The van der Waals surface area contributed by atoms with E-state index >= 15 is 0 Å². The van der Waals surface area contributed by atoms with E-state index in [2.05, 4.69) is 20.9 Å². The van der Waals surface area contributed by atoms with Crippen LogP contribution >= 0.6 is 15.9 Å². The first-order chi connectivity index (χ1) is 10.5. The van der Waals surface area contributed by atoms with Crippen molar-refractivity contribution in [1.29, 1.82) is 0 Å². The lowest BCUT2D eigenvalue weighted by molar-refractivity contribution is -0.141. The predicted octanol–water partition coefficient (Wildman–Crippen LogP) is 1.98. The number of hydrogen-bond donors (Lipinski definition) is 2. The van der Waals surface area contributed by atoms with Crippen molar-refractivity contribution in [2.24, 2.45) is 0 Å².